The van der Waals surface area contributed by atoms with Crippen LogP contribution in [-0.2, 0) is 14.3 Å². The molecular formula is C21H28N2O3S. The van der Waals surface area contributed by atoms with Gasteiger partial charge < -0.3 is 10.1 Å². The van der Waals surface area contributed by atoms with Gasteiger partial charge in [-0.05, 0) is 37.8 Å². The first kappa shape index (κ1) is 19.8. The molecule has 1 aliphatic rings. The third-order valence-corrected chi connectivity index (χ3v) is 6.56. The Hall–Kier alpha value is -1.95. The van der Waals surface area contributed by atoms with Crippen molar-refractivity contribution in [3.8, 4) is 0 Å². The number of esters is 1. The minimum Gasteiger partial charge on any atom is -0.455 e. The SMILES string of the molecule is CCC(CC)NC(=O)COC(=O)[C@@H]1CCCC[C@H]1c1nc2ccccc2s1. The van der Waals surface area contributed by atoms with Gasteiger partial charge in [0, 0.05) is 12.0 Å². The highest BCUT2D eigenvalue weighted by Crippen LogP contribution is 2.41. The van der Waals surface area contributed by atoms with Crippen molar-refractivity contribution in [3.63, 3.8) is 0 Å². The molecule has 1 N–H and O–H groups in total. The van der Waals surface area contributed by atoms with E-state index in [1.54, 1.807) is 11.3 Å². The van der Waals surface area contributed by atoms with Crippen LogP contribution in [-0.4, -0.2) is 29.5 Å². The first-order valence-electron chi connectivity index (χ1n) is 9.93. The fourth-order valence-electron chi connectivity index (χ4n) is 3.76. The third-order valence-electron chi connectivity index (χ3n) is 5.39. The van der Waals surface area contributed by atoms with E-state index < -0.39 is 0 Å². The molecule has 1 saturated carbocycles. The second kappa shape index (κ2) is 9.31. The summed E-state index contributed by atoms with van der Waals surface area (Å²) < 4.78 is 6.53. The molecule has 3 rings (SSSR count). The predicted octanol–water partition coefficient (Wildman–Crippen LogP) is 4.42. The van der Waals surface area contributed by atoms with Crippen LogP contribution < -0.4 is 5.32 Å². The van der Waals surface area contributed by atoms with Crippen LogP contribution in [0.15, 0.2) is 24.3 Å². The number of ether oxygens (including phenoxy) is 1. The number of carbonyl (C=O) groups excluding carboxylic acids is 2. The Kier molecular flexibility index (Phi) is 6.83. The summed E-state index contributed by atoms with van der Waals surface area (Å²) in [6, 6.07) is 8.20. The van der Waals surface area contributed by atoms with Gasteiger partial charge in [0.15, 0.2) is 6.61 Å². The standard InChI is InChI=1S/C21H28N2O3S/c1-3-14(4-2)22-19(24)13-26-21(25)16-10-6-5-9-15(16)20-23-17-11-7-8-12-18(17)27-20/h7-8,11-12,14-16H,3-6,9-10,13H2,1-2H3,(H,22,24)/t15-,16-/m1/s1. The number of rotatable bonds is 7. The molecule has 1 aliphatic carbocycles. The van der Waals surface area contributed by atoms with Crippen LogP contribution in [0.2, 0.25) is 0 Å². The monoisotopic (exact) mass is 388 g/mol. The summed E-state index contributed by atoms with van der Waals surface area (Å²) in [5, 5.41) is 3.92. The molecule has 0 unspecified atom stereocenters. The Labute approximate surface area is 164 Å². The van der Waals surface area contributed by atoms with Crippen LogP contribution in [0.25, 0.3) is 10.2 Å². The quantitative estimate of drug-likeness (QED) is 0.713. The number of amides is 1. The first-order valence-corrected chi connectivity index (χ1v) is 10.8. The summed E-state index contributed by atoms with van der Waals surface area (Å²) in [5.41, 5.74) is 0.986. The molecule has 1 fully saturated rings. The lowest BCUT2D eigenvalue weighted by Gasteiger charge is -2.28. The molecule has 2 aromatic rings. The summed E-state index contributed by atoms with van der Waals surface area (Å²) in [5.74, 6) is -0.603. The van der Waals surface area contributed by atoms with Gasteiger partial charge in [-0.1, -0.05) is 38.8 Å². The van der Waals surface area contributed by atoms with Crippen LogP contribution in [0.5, 0.6) is 0 Å². The van der Waals surface area contributed by atoms with E-state index in [0.29, 0.717) is 0 Å². The lowest BCUT2D eigenvalue weighted by molar-refractivity contribution is -0.154. The number of carbonyl (C=O) groups is 2. The fraction of sp³-hybridized carbons (Fsp3) is 0.571. The van der Waals surface area contributed by atoms with Crippen molar-refractivity contribution in [2.45, 2.75) is 64.3 Å². The average Bonchev–Trinajstić information content (AvgIpc) is 3.14. The second-order valence-corrected chi connectivity index (χ2v) is 8.27. The molecule has 27 heavy (non-hydrogen) atoms. The topological polar surface area (TPSA) is 68.3 Å². The molecule has 1 heterocycles. The summed E-state index contributed by atoms with van der Waals surface area (Å²) in [6.45, 7) is 3.87. The summed E-state index contributed by atoms with van der Waals surface area (Å²) in [6.07, 6.45) is 5.60. The molecule has 0 saturated heterocycles. The molecular weight excluding hydrogens is 360 g/mol. The van der Waals surface area contributed by atoms with Gasteiger partial charge in [-0.2, -0.15) is 0 Å². The van der Waals surface area contributed by atoms with Crippen LogP contribution >= 0.6 is 11.3 Å². The van der Waals surface area contributed by atoms with Gasteiger partial charge >= 0.3 is 5.97 Å². The number of nitrogens with one attached hydrogen (secondary N) is 1. The Morgan fingerprint density at radius 2 is 1.96 bits per heavy atom. The van der Waals surface area contributed by atoms with Crippen molar-refractivity contribution in [3.05, 3.63) is 29.3 Å². The summed E-state index contributed by atoms with van der Waals surface area (Å²) in [7, 11) is 0. The number of hydrogen-bond donors (Lipinski definition) is 1. The largest absolute Gasteiger partial charge is 0.455 e. The van der Waals surface area contributed by atoms with Crippen LogP contribution in [0, 0.1) is 5.92 Å². The van der Waals surface area contributed by atoms with Gasteiger partial charge in [0.2, 0.25) is 0 Å². The Bertz CT molecular complexity index is 752. The minimum atomic E-state index is -0.265. The van der Waals surface area contributed by atoms with E-state index >= 15 is 0 Å². The normalized spacial score (nSPS) is 20.0. The molecule has 1 aromatic heterocycles. The van der Waals surface area contributed by atoms with E-state index in [4.69, 9.17) is 9.72 Å². The Morgan fingerprint density at radius 1 is 1.22 bits per heavy atom. The molecule has 0 spiro atoms. The highest BCUT2D eigenvalue weighted by Gasteiger charge is 2.35. The number of nitrogens with zero attached hydrogens (tertiary/aromatic N) is 1. The van der Waals surface area contributed by atoms with Crippen molar-refractivity contribution in [1.82, 2.24) is 10.3 Å². The molecule has 1 amide bonds. The maximum absolute atomic E-state index is 12.7. The fourth-order valence-corrected chi connectivity index (χ4v) is 4.93. The van der Waals surface area contributed by atoms with E-state index in [-0.39, 0.29) is 36.4 Å². The van der Waals surface area contributed by atoms with Gasteiger partial charge in [-0.25, -0.2) is 4.98 Å². The van der Waals surface area contributed by atoms with Crippen LogP contribution in [0.1, 0.15) is 63.3 Å². The summed E-state index contributed by atoms with van der Waals surface area (Å²) >= 11 is 1.67. The summed E-state index contributed by atoms with van der Waals surface area (Å²) in [4.78, 5) is 29.5. The molecule has 146 valence electrons. The zero-order chi connectivity index (χ0) is 19.2. The number of benzene rings is 1. The molecule has 0 aliphatic heterocycles. The molecule has 2 atom stereocenters. The molecule has 1 aromatic carbocycles. The van der Waals surface area contributed by atoms with Crippen molar-refractivity contribution in [1.29, 1.82) is 0 Å². The van der Waals surface area contributed by atoms with Gasteiger partial charge in [0.05, 0.1) is 21.1 Å². The van der Waals surface area contributed by atoms with E-state index in [9.17, 15) is 9.59 Å². The van der Waals surface area contributed by atoms with E-state index in [1.807, 2.05) is 32.0 Å². The zero-order valence-electron chi connectivity index (χ0n) is 16.1. The highest BCUT2D eigenvalue weighted by molar-refractivity contribution is 7.18. The van der Waals surface area contributed by atoms with Gasteiger partial charge in [-0.3, -0.25) is 9.59 Å². The van der Waals surface area contributed by atoms with Crippen molar-refractivity contribution >= 4 is 33.4 Å². The smallest absolute Gasteiger partial charge is 0.310 e. The third kappa shape index (κ3) is 4.86. The molecule has 5 nitrogen and oxygen atoms in total. The average molecular weight is 389 g/mol. The van der Waals surface area contributed by atoms with Crippen LogP contribution in [0.4, 0.5) is 0 Å². The van der Waals surface area contributed by atoms with Crippen molar-refractivity contribution in [2.24, 2.45) is 5.92 Å². The van der Waals surface area contributed by atoms with E-state index in [1.165, 1.54) is 0 Å². The Morgan fingerprint density at radius 3 is 2.70 bits per heavy atom. The zero-order valence-corrected chi connectivity index (χ0v) is 16.9. The lowest BCUT2D eigenvalue weighted by atomic mass is 9.79. The molecule has 0 bridgehead atoms. The second-order valence-electron chi connectivity index (χ2n) is 7.21. The Balaban J connectivity index is 1.64. The lowest BCUT2D eigenvalue weighted by Crippen LogP contribution is -2.38. The number of fused-ring (bicyclic) bond motifs is 1. The molecule has 0 radical (unpaired) electrons. The van der Waals surface area contributed by atoms with Crippen molar-refractivity contribution < 1.29 is 14.3 Å². The van der Waals surface area contributed by atoms with Gasteiger partial charge in [0.25, 0.3) is 5.91 Å². The van der Waals surface area contributed by atoms with Gasteiger partial charge in [-0.15, -0.1) is 11.3 Å². The van der Waals surface area contributed by atoms with Gasteiger partial charge in [0.1, 0.15) is 0 Å². The molecule has 6 heteroatoms. The van der Waals surface area contributed by atoms with Crippen LogP contribution in [0.3, 0.4) is 0 Å². The van der Waals surface area contributed by atoms with E-state index in [0.717, 1.165) is 53.7 Å². The minimum absolute atomic E-state index is 0.0887. The van der Waals surface area contributed by atoms with E-state index in [2.05, 4.69) is 11.4 Å². The number of aromatic nitrogens is 1. The number of hydrogen-bond acceptors (Lipinski definition) is 5. The first-order chi connectivity index (χ1) is 13.1. The predicted molar refractivity (Wildman–Crippen MR) is 108 cm³/mol. The van der Waals surface area contributed by atoms with Crippen molar-refractivity contribution in [2.75, 3.05) is 6.61 Å². The number of thiazole rings is 1. The maximum Gasteiger partial charge on any atom is 0.310 e. The maximum atomic E-state index is 12.7. The number of para-hydroxylation sites is 1. The highest BCUT2D eigenvalue weighted by atomic mass is 32.1.